The molecule has 0 saturated carbocycles. The van der Waals surface area contributed by atoms with E-state index in [9.17, 15) is 18.0 Å². The van der Waals surface area contributed by atoms with E-state index >= 15 is 0 Å². The van der Waals surface area contributed by atoms with Crippen LogP contribution < -0.4 is 9.64 Å². The fourth-order valence-corrected chi connectivity index (χ4v) is 4.49. The standard InChI is InChI=1S/C26H24F3N3O3/c1-34-21-7-2-4-18(14-21)17-32-22-8-13-35-24(22)16-23(32)25(33)31-11-9-30(10-12-31)20-6-3-5-19(15-20)26(27,28)29/h2-8,13-16H,9-12,17H2,1H3. The molecule has 0 unspecified atom stereocenters. The Bertz CT molecular complexity index is 1350. The number of aromatic nitrogens is 1. The van der Waals surface area contributed by atoms with Gasteiger partial charge in [-0.15, -0.1) is 0 Å². The first-order valence-electron chi connectivity index (χ1n) is 11.2. The Morgan fingerprint density at radius 3 is 2.51 bits per heavy atom. The van der Waals surface area contributed by atoms with E-state index in [1.165, 1.54) is 6.07 Å². The maximum atomic E-state index is 13.5. The predicted octanol–water partition coefficient (Wildman–Crippen LogP) is 5.27. The molecule has 182 valence electrons. The Morgan fingerprint density at radius 1 is 1.00 bits per heavy atom. The molecule has 9 heteroatoms. The third-order valence-electron chi connectivity index (χ3n) is 6.32. The molecule has 0 bridgehead atoms. The number of carbonyl (C=O) groups excluding carboxylic acids is 1. The summed E-state index contributed by atoms with van der Waals surface area (Å²) in [5.74, 6) is 0.597. The van der Waals surface area contributed by atoms with Gasteiger partial charge in [0.15, 0.2) is 5.58 Å². The van der Waals surface area contributed by atoms with Crippen molar-refractivity contribution in [1.29, 1.82) is 0 Å². The fourth-order valence-electron chi connectivity index (χ4n) is 4.49. The molecular formula is C26H24F3N3O3. The molecule has 1 fully saturated rings. The Morgan fingerprint density at radius 2 is 1.77 bits per heavy atom. The molecule has 0 N–H and O–H groups in total. The lowest BCUT2D eigenvalue weighted by Gasteiger charge is -2.36. The highest BCUT2D eigenvalue weighted by molar-refractivity contribution is 5.97. The summed E-state index contributed by atoms with van der Waals surface area (Å²) < 4.78 is 52.1. The summed E-state index contributed by atoms with van der Waals surface area (Å²) in [7, 11) is 1.61. The van der Waals surface area contributed by atoms with Crippen molar-refractivity contribution in [3.05, 3.63) is 83.7 Å². The first-order valence-corrected chi connectivity index (χ1v) is 11.2. The van der Waals surface area contributed by atoms with E-state index in [0.717, 1.165) is 29.0 Å². The number of fused-ring (bicyclic) bond motifs is 1. The fraction of sp³-hybridized carbons (Fsp3) is 0.269. The molecule has 1 saturated heterocycles. The van der Waals surface area contributed by atoms with E-state index in [1.807, 2.05) is 39.8 Å². The second-order valence-electron chi connectivity index (χ2n) is 8.46. The van der Waals surface area contributed by atoms with Gasteiger partial charge in [0.1, 0.15) is 11.4 Å². The first kappa shape index (κ1) is 22.9. The van der Waals surface area contributed by atoms with Crippen molar-refractivity contribution >= 4 is 22.7 Å². The summed E-state index contributed by atoms with van der Waals surface area (Å²) >= 11 is 0. The number of methoxy groups -OCH3 is 1. The number of ether oxygens (including phenoxy) is 1. The summed E-state index contributed by atoms with van der Waals surface area (Å²) in [6, 6.07) is 16.5. The summed E-state index contributed by atoms with van der Waals surface area (Å²) in [5.41, 5.74) is 2.76. The molecule has 0 aliphatic carbocycles. The maximum Gasteiger partial charge on any atom is 0.416 e. The summed E-state index contributed by atoms with van der Waals surface area (Å²) in [6.07, 6.45) is -2.80. The highest BCUT2D eigenvalue weighted by Gasteiger charge is 2.31. The van der Waals surface area contributed by atoms with Crippen molar-refractivity contribution in [2.24, 2.45) is 0 Å². The predicted molar refractivity (Wildman–Crippen MR) is 126 cm³/mol. The van der Waals surface area contributed by atoms with Gasteiger partial charge in [0, 0.05) is 50.5 Å². The van der Waals surface area contributed by atoms with E-state index < -0.39 is 11.7 Å². The van der Waals surface area contributed by atoms with Crippen LogP contribution in [0.2, 0.25) is 0 Å². The number of anilines is 1. The lowest BCUT2D eigenvalue weighted by molar-refractivity contribution is -0.137. The van der Waals surface area contributed by atoms with Gasteiger partial charge in [-0.2, -0.15) is 13.2 Å². The number of furan rings is 1. The molecule has 5 rings (SSSR count). The third-order valence-corrected chi connectivity index (χ3v) is 6.32. The molecule has 6 nitrogen and oxygen atoms in total. The van der Waals surface area contributed by atoms with E-state index in [4.69, 9.17) is 9.15 Å². The second-order valence-corrected chi connectivity index (χ2v) is 8.46. The Kier molecular flexibility index (Phi) is 5.92. The number of hydrogen-bond acceptors (Lipinski definition) is 4. The molecule has 3 heterocycles. The SMILES string of the molecule is COc1cccc(Cn2c(C(=O)N3CCN(c4cccc(C(F)(F)F)c4)CC3)cc3occc32)c1. The largest absolute Gasteiger partial charge is 0.497 e. The molecule has 1 aliphatic rings. The maximum absolute atomic E-state index is 13.5. The van der Waals surface area contributed by atoms with Crippen molar-refractivity contribution < 1.29 is 27.1 Å². The number of halogens is 3. The van der Waals surface area contributed by atoms with Crippen LogP contribution in [0.5, 0.6) is 5.75 Å². The minimum absolute atomic E-state index is 0.136. The molecule has 1 aliphatic heterocycles. The van der Waals surface area contributed by atoms with Gasteiger partial charge >= 0.3 is 6.18 Å². The average molecular weight is 483 g/mol. The number of benzene rings is 2. The Labute approximate surface area is 200 Å². The normalized spacial score (nSPS) is 14.5. The van der Waals surface area contributed by atoms with Gasteiger partial charge in [-0.3, -0.25) is 4.79 Å². The van der Waals surface area contributed by atoms with E-state index in [2.05, 4.69) is 0 Å². The Balaban J connectivity index is 1.34. The van der Waals surface area contributed by atoms with Crippen LogP contribution in [0.25, 0.3) is 11.1 Å². The van der Waals surface area contributed by atoms with Gasteiger partial charge < -0.3 is 23.5 Å². The number of amides is 1. The van der Waals surface area contributed by atoms with Gasteiger partial charge in [-0.25, -0.2) is 0 Å². The van der Waals surface area contributed by atoms with Crippen molar-refractivity contribution in [1.82, 2.24) is 9.47 Å². The van der Waals surface area contributed by atoms with Gasteiger partial charge in [-0.05, 0) is 35.9 Å². The zero-order valence-electron chi connectivity index (χ0n) is 19.1. The summed E-state index contributed by atoms with van der Waals surface area (Å²) in [6.45, 7) is 2.16. The van der Waals surface area contributed by atoms with Crippen LogP contribution in [-0.4, -0.2) is 48.7 Å². The number of rotatable bonds is 5. The molecule has 35 heavy (non-hydrogen) atoms. The van der Waals surface area contributed by atoms with Crippen LogP contribution in [0.3, 0.4) is 0 Å². The van der Waals surface area contributed by atoms with Crippen molar-refractivity contribution in [2.45, 2.75) is 12.7 Å². The lowest BCUT2D eigenvalue weighted by atomic mass is 10.1. The van der Waals surface area contributed by atoms with Crippen LogP contribution in [0.1, 0.15) is 21.6 Å². The van der Waals surface area contributed by atoms with E-state index in [-0.39, 0.29) is 5.91 Å². The molecule has 0 radical (unpaired) electrons. The molecule has 0 atom stereocenters. The highest BCUT2D eigenvalue weighted by atomic mass is 19.4. The number of carbonyl (C=O) groups is 1. The van der Waals surface area contributed by atoms with Crippen LogP contribution in [0.4, 0.5) is 18.9 Å². The summed E-state index contributed by atoms with van der Waals surface area (Å²) in [4.78, 5) is 17.1. The molecule has 0 spiro atoms. The number of nitrogens with zero attached hydrogens (tertiary/aromatic N) is 3. The molecule has 1 amide bonds. The molecule has 4 aromatic rings. The number of alkyl halides is 3. The second kappa shape index (κ2) is 9.05. The minimum atomic E-state index is -4.39. The molecule has 2 aromatic heterocycles. The van der Waals surface area contributed by atoms with Crippen LogP contribution >= 0.6 is 0 Å². The molecule has 2 aromatic carbocycles. The van der Waals surface area contributed by atoms with Gasteiger partial charge in [0.25, 0.3) is 5.91 Å². The smallest absolute Gasteiger partial charge is 0.416 e. The quantitative estimate of drug-likeness (QED) is 0.388. The van der Waals surface area contributed by atoms with Gasteiger partial charge in [0.05, 0.1) is 24.5 Å². The highest BCUT2D eigenvalue weighted by Crippen LogP contribution is 2.32. The zero-order chi connectivity index (χ0) is 24.6. The molecular weight excluding hydrogens is 459 g/mol. The lowest BCUT2D eigenvalue weighted by Crippen LogP contribution is -2.49. The zero-order valence-corrected chi connectivity index (χ0v) is 19.1. The Hall–Kier alpha value is -3.88. The summed E-state index contributed by atoms with van der Waals surface area (Å²) in [5, 5.41) is 0. The van der Waals surface area contributed by atoms with Gasteiger partial charge in [0.2, 0.25) is 0 Å². The number of piperazine rings is 1. The van der Waals surface area contributed by atoms with Crippen LogP contribution in [0, 0.1) is 0 Å². The minimum Gasteiger partial charge on any atom is -0.497 e. The first-order chi connectivity index (χ1) is 16.8. The average Bonchev–Trinajstić information content (AvgIpc) is 3.46. The monoisotopic (exact) mass is 483 g/mol. The number of hydrogen-bond donors (Lipinski definition) is 0. The van der Waals surface area contributed by atoms with Gasteiger partial charge in [-0.1, -0.05) is 18.2 Å². The van der Waals surface area contributed by atoms with Crippen molar-refractivity contribution in [3.63, 3.8) is 0 Å². The van der Waals surface area contributed by atoms with Crippen molar-refractivity contribution in [2.75, 3.05) is 38.2 Å². The van der Waals surface area contributed by atoms with E-state index in [0.29, 0.717) is 49.7 Å². The van der Waals surface area contributed by atoms with Crippen molar-refractivity contribution in [3.8, 4) is 5.75 Å². The van der Waals surface area contributed by atoms with E-state index in [1.54, 1.807) is 30.4 Å². The van der Waals surface area contributed by atoms with Crippen LogP contribution in [0.15, 0.2) is 71.3 Å². The topological polar surface area (TPSA) is 50.9 Å². The van der Waals surface area contributed by atoms with Crippen LogP contribution in [-0.2, 0) is 12.7 Å². The third kappa shape index (κ3) is 4.58.